The summed E-state index contributed by atoms with van der Waals surface area (Å²) < 4.78 is 47.8. The third kappa shape index (κ3) is 6.10. The number of halogens is 3. The lowest BCUT2D eigenvalue weighted by Crippen LogP contribution is -2.52. The third-order valence-corrected chi connectivity index (χ3v) is 4.20. The molecule has 0 radical (unpaired) electrons. The third-order valence-electron chi connectivity index (χ3n) is 4.20. The first-order valence-electron chi connectivity index (χ1n) is 8.31. The van der Waals surface area contributed by atoms with Crippen molar-refractivity contribution in [1.29, 1.82) is 0 Å². The minimum atomic E-state index is -4.45. The number of carbonyl (C=O) groups excluding carboxylic acids is 2. The Kier molecular flexibility index (Phi) is 7.03. The number of hydrogen-bond acceptors (Lipinski definition) is 5. The summed E-state index contributed by atoms with van der Waals surface area (Å²) in [5, 5.41) is 14.5. The number of rotatable bonds is 5. The number of urea groups is 1. The number of alkyl halides is 3. The van der Waals surface area contributed by atoms with Gasteiger partial charge in [-0.3, -0.25) is 4.79 Å². The van der Waals surface area contributed by atoms with E-state index in [4.69, 9.17) is 4.74 Å². The van der Waals surface area contributed by atoms with Gasteiger partial charge in [-0.25, -0.2) is 4.79 Å². The number of hydrogen-bond donors (Lipinski definition) is 3. The van der Waals surface area contributed by atoms with Crippen molar-refractivity contribution >= 4 is 17.7 Å². The summed E-state index contributed by atoms with van der Waals surface area (Å²) in [6.07, 6.45) is -4.56. The number of amides is 2. The highest BCUT2D eigenvalue weighted by molar-refractivity contribution is 5.89. The molecule has 0 aliphatic carbocycles. The maximum absolute atomic E-state index is 12.5. The zero-order valence-corrected chi connectivity index (χ0v) is 14.6. The van der Waals surface area contributed by atoms with Crippen LogP contribution in [0.25, 0.3) is 0 Å². The van der Waals surface area contributed by atoms with E-state index in [1.807, 2.05) is 0 Å². The molecule has 3 atom stereocenters. The van der Waals surface area contributed by atoms with Crippen LogP contribution in [0.2, 0.25) is 0 Å². The summed E-state index contributed by atoms with van der Waals surface area (Å²) in [7, 11) is 1.27. The molecule has 2 amide bonds. The van der Waals surface area contributed by atoms with Gasteiger partial charge in [-0.15, -0.1) is 0 Å². The van der Waals surface area contributed by atoms with E-state index in [-0.39, 0.29) is 18.7 Å². The maximum atomic E-state index is 12.5. The number of aliphatic hydroxyl groups is 1. The Bertz CT molecular complexity index is 651. The molecular formula is C17H21F3N2O5. The van der Waals surface area contributed by atoms with Gasteiger partial charge in [0.25, 0.3) is 0 Å². The quantitative estimate of drug-likeness (QED) is 0.671. The fraction of sp³-hybridized carbons (Fsp3) is 0.529. The van der Waals surface area contributed by atoms with Gasteiger partial charge in [-0.2, -0.15) is 13.2 Å². The van der Waals surface area contributed by atoms with Crippen molar-refractivity contribution in [2.75, 3.05) is 19.0 Å². The standard InChI is InChI=1S/C17H21F3N2O5/c1-26-15(24)8-12-6-7-13(14(9-23)27-12)22-16(25)21-11-4-2-10(3-5-11)17(18,19)20/h2-5,12-14,23H,6-9H2,1H3,(H2,21,22,25)/t12-,13-,14-/m0/s1. The van der Waals surface area contributed by atoms with Gasteiger partial charge >= 0.3 is 18.2 Å². The minimum absolute atomic E-state index is 0.0530. The van der Waals surface area contributed by atoms with E-state index < -0.39 is 42.0 Å². The number of ether oxygens (including phenoxy) is 2. The molecule has 0 unspecified atom stereocenters. The molecule has 1 saturated heterocycles. The summed E-state index contributed by atoms with van der Waals surface area (Å²) in [6.45, 7) is -0.358. The van der Waals surface area contributed by atoms with Gasteiger partial charge in [0.2, 0.25) is 0 Å². The highest BCUT2D eigenvalue weighted by Crippen LogP contribution is 2.29. The minimum Gasteiger partial charge on any atom is -0.469 e. The number of methoxy groups -OCH3 is 1. The lowest BCUT2D eigenvalue weighted by Gasteiger charge is -2.35. The molecule has 0 aromatic heterocycles. The molecule has 2 rings (SSSR count). The molecule has 1 aliphatic rings. The molecule has 150 valence electrons. The molecule has 27 heavy (non-hydrogen) atoms. The number of esters is 1. The van der Waals surface area contributed by atoms with E-state index in [1.165, 1.54) is 7.11 Å². The van der Waals surface area contributed by atoms with Crippen molar-refractivity contribution in [1.82, 2.24) is 5.32 Å². The van der Waals surface area contributed by atoms with Crippen LogP contribution in [-0.2, 0) is 20.4 Å². The molecular weight excluding hydrogens is 369 g/mol. The SMILES string of the molecule is COC(=O)C[C@@H]1CC[C@H](NC(=O)Nc2ccc(C(F)(F)F)cc2)[C@H](CO)O1. The first kappa shape index (κ1) is 21.0. The van der Waals surface area contributed by atoms with E-state index in [9.17, 15) is 27.9 Å². The molecule has 0 saturated carbocycles. The number of aliphatic hydroxyl groups excluding tert-OH is 1. The molecule has 7 nitrogen and oxygen atoms in total. The van der Waals surface area contributed by atoms with Gasteiger partial charge in [-0.1, -0.05) is 0 Å². The van der Waals surface area contributed by atoms with E-state index in [0.29, 0.717) is 12.8 Å². The van der Waals surface area contributed by atoms with Crippen LogP contribution < -0.4 is 10.6 Å². The van der Waals surface area contributed by atoms with E-state index >= 15 is 0 Å². The van der Waals surface area contributed by atoms with Crippen molar-refractivity contribution in [2.45, 2.75) is 43.7 Å². The van der Waals surface area contributed by atoms with E-state index in [1.54, 1.807) is 0 Å². The molecule has 3 N–H and O–H groups in total. The summed E-state index contributed by atoms with van der Waals surface area (Å²) in [6, 6.07) is 2.90. The van der Waals surface area contributed by atoms with Crippen LogP contribution in [-0.4, -0.2) is 49.1 Å². The fourth-order valence-corrected chi connectivity index (χ4v) is 2.79. The second kappa shape index (κ2) is 9.05. The van der Waals surface area contributed by atoms with Gasteiger partial charge in [0.1, 0.15) is 6.10 Å². The van der Waals surface area contributed by atoms with E-state index in [0.717, 1.165) is 24.3 Å². The summed E-state index contributed by atoms with van der Waals surface area (Å²) >= 11 is 0. The molecule has 0 spiro atoms. The second-order valence-electron chi connectivity index (χ2n) is 6.12. The van der Waals surface area contributed by atoms with Crippen LogP contribution in [0.3, 0.4) is 0 Å². The Balaban J connectivity index is 1.88. The lowest BCUT2D eigenvalue weighted by molar-refractivity contribution is -0.149. The van der Waals surface area contributed by atoms with Crippen molar-refractivity contribution in [3.8, 4) is 0 Å². The topological polar surface area (TPSA) is 96.9 Å². The molecule has 1 heterocycles. The van der Waals surface area contributed by atoms with Crippen LogP contribution in [0.1, 0.15) is 24.8 Å². The van der Waals surface area contributed by atoms with Crippen molar-refractivity contribution < 1.29 is 37.3 Å². The average molecular weight is 390 g/mol. The zero-order valence-electron chi connectivity index (χ0n) is 14.6. The van der Waals surface area contributed by atoms with E-state index in [2.05, 4.69) is 15.4 Å². The Hall–Kier alpha value is -2.33. The fourth-order valence-electron chi connectivity index (χ4n) is 2.79. The highest BCUT2D eigenvalue weighted by atomic mass is 19.4. The summed E-state index contributed by atoms with van der Waals surface area (Å²) in [4.78, 5) is 23.4. The Morgan fingerprint density at radius 2 is 1.93 bits per heavy atom. The average Bonchev–Trinajstić information content (AvgIpc) is 2.62. The number of benzene rings is 1. The van der Waals surface area contributed by atoms with Gasteiger partial charge in [0, 0.05) is 5.69 Å². The van der Waals surface area contributed by atoms with Gasteiger partial charge < -0.3 is 25.2 Å². The van der Waals surface area contributed by atoms with Crippen LogP contribution in [0.5, 0.6) is 0 Å². The molecule has 1 aromatic carbocycles. The lowest BCUT2D eigenvalue weighted by atomic mass is 9.97. The highest BCUT2D eigenvalue weighted by Gasteiger charge is 2.33. The molecule has 1 aromatic rings. The monoisotopic (exact) mass is 390 g/mol. The largest absolute Gasteiger partial charge is 0.469 e. The van der Waals surface area contributed by atoms with Crippen LogP contribution in [0, 0.1) is 0 Å². The summed E-state index contributed by atoms with van der Waals surface area (Å²) in [5.74, 6) is -0.428. The van der Waals surface area contributed by atoms with Crippen LogP contribution in [0.4, 0.5) is 23.7 Å². The zero-order chi connectivity index (χ0) is 20.0. The first-order valence-corrected chi connectivity index (χ1v) is 8.31. The van der Waals surface area contributed by atoms with Gasteiger partial charge in [0.05, 0.1) is 37.8 Å². The number of anilines is 1. The van der Waals surface area contributed by atoms with Crippen molar-refractivity contribution in [3.05, 3.63) is 29.8 Å². The molecule has 0 bridgehead atoms. The molecule has 10 heteroatoms. The normalized spacial score (nSPS) is 22.8. The molecule has 1 aliphatic heterocycles. The summed E-state index contributed by atoms with van der Waals surface area (Å²) in [5.41, 5.74) is -0.618. The number of nitrogens with one attached hydrogen (secondary N) is 2. The molecule has 1 fully saturated rings. The second-order valence-corrected chi connectivity index (χ2v) is 6.12. The Morgan fingerprint density at radius 3 is 2.48 bits per heavy atom. The van der Waals surface area contributed by atoms with Gasteiger partial charge in [0.15, 0.2) is 0 Å². The number of carbonyl (C=O) groups is 2. The van der Waals surface area contributed by atoms with Crippen LogP contribution >= 0.6 is 0 Å². The van der Waals surface area contributed by atoms with Crippen molar-refractivity contribution in [2.24, 2.45) is 0 Å². The van der Waals surface area contributed by atoms with Crippen LogP contribution in [0.15, 0.2) is 24.3 Å². The Morgan fingerprint density at radius 1 is 1.26 bits per heavy atom. The smallest absolute Gasteiger partial charge is 0.416 e. The predicted octanol–water partition coefficient (Wildman–Crippen LogP) is 2.30. The Labute approximate surface area is 153 Å². The van der Waals surface area contributed by atoms with Gasteiger partial charge in [-0.05, 0) is 37.1 Å². The first-order chi connectivity index (χ1) is 12.7. The van der Waals surface area contributed by atoms with Crippen molar-refractivity contribution in [3.63, 3.8) is 0 Å². The maximum Gasteiger partial charge on any atom is 0.416 e. The predicted molar refractivity (Wildman–Crippen MR) is 89.0 cm³/mol.